The first-order valence-corrected chi connectivity index (χ1v) is 8.83. The second kappa shape index (κ2) is 6.76. The van der Waals surface area contributed by atoms with Crippen LogP contribution in [0.15, 0.2) is 42.9 Å². The summed E-state index contributed by atoms with van der Waals surface area (Å²) < 4.78 is 1.80. The van der Waals surface area contributed by atoms with Gasteiger partial charge in [0.15, 0.2) is 5.78 Å². The second-order valence-electron chi connectivity index (χ2n) is 6.79. The van der Waals surface area contributed by atoms with Gasteiger partial charge in [-0.1, -0.05) is 18.6 Å². The monoisotopic (exact) mass is 334 g/mol. The van der Waals surface area contributed by atoms with E-state index in [1.165, 1.54) is 0 Å². The third kappa shape index (κ3) is 3.46. The maximum absolute atomic E-state index is 12.5. The molecular formula is C20H22N4O. The molecule has 0 aliphatic carbocycles. The SMILES string of the molecule is Cn1cc(-c2ccc3cnc(CC(=O)[C@@H]4CCCCN4)cc3c2)cn1. The highest BCUT2D eigenvalue weighted by Gasteiger charge is 2.20. The fraction of sp³-hybridized carbons (Fsp3) is 0.350. The highest BCUT2D eigenvalue weighted by atomic mass is 16.1. The molecule has 0 amide bonds. The van der Waals surface area contributed by atoms with Gasteiger partial charge in [-0.05, 0) is 42.5 Å². The molecule has 1 atom stereocenters. The van der Waals surface area contributed by atoms with Crippen molar-refractivity contribution in [1.29, 1.82) is 0 Å². The molecule has 3 aromatic rings. The molecule has 0 spiro atoms. The summed E-state index contributed by atoms with van der Waals surface area (Å²) in [5.41, 5.74) is 3.05. The van der Waals surface area contributed by atoms with Crippen LogP contribution < -0.4 is 5.32 Å². The van der Waals surface area contributed by atoms with Gasteiger partial charge in [0, 0.05) is 36.1 Å². The number of aryl methyl sites for hydroxylation is 1. The fourth-order valence-corrected chi connectivity index (χ4v) is 3.46. The van der Waals surface area contributed by atoms with Crippen molar-refractivity contribution in [2.45, 2.75) is 31.7 Å². The van der Waals surface area contributed by atoms with E-state index in [1.807, 2.05) is 31.7 Å². The van der Waals surface area contributed by atoms with Crippen LogP contribution in [0, 0.1) is 0 Å². The Morgan fingerprint density at radius 2 is 2.12 bits per heavy atom. The van der Waals surface area contributed by atoms with Gasteiger partial charge in [0.05, 0.1) is 18.7 Å². The molecule has 0 saturated carbocycles. The predicted molar refractivity (Wildman–Crippen MR) is 98.3 cm³/mol. The van der Waals surface area contributed by atoms with Crippen LogP contribution >= 0.6 is 0 Å². The molecular weight excluding hydrogens is 312 g/mol. The lowest BCUT2D eigenvalue weighted by Crippen LogP contribution is -2.41. The van der Waals surface area contributed by atoms with Gasteiger partial charge in [-0.3, -0.25) is 14.5 Å². The Kier molecular flexibility index (Phi) is 4.32. The van der Waals surface area contributed by atoms with E-state index in [2.05, 4.69) is 33.6 Å². The van der Waals surface area contributed by atoms with Gasteiger partial charge in [-0.25, -0.2) is 0 Å². The van der Waals surface area contributed by atoms with E-state index in [-0.39, 0.29) is 11.8 Å². The number of carbonyl (C=O) groups is 1. The molecule has 4 rings (SSSR count). The molecule has 1 aliphatic rings. The van der Waals surface area contributed by atoms with Crippen LogP contribution in [0.25, 0.3) is 21.9 Å². The van der Waals surface area contributed by atoms with Gasteiger partial charge in [-0.15, -0.1) is 0 Å². The normalized spacial score (nSPS) is 17.7. The summed E-state index contributed by atoms with van der Waals surface area (Å²) in [5.74, 6) is 0.245. The van der Waals surface area contributed by atoms with Gasteiger partial charge in [0.25, 0.3) is 0 Å². The van der Waals surface area contributed by atoms with E-state index in [1.54, 1.807) is 4.68 Å². The van der Waals surface area contributed by atoms with Crippen molar-refractivity contribution in [1.82, 2.24) is 20.1 Å². The van der Waals surface area contributed by atoms with E-state index < -0.39 is 0 Å². The van der Waals surface area contributed by atoms with Crippen LogP contribution in [-0.4, -0.2) is 33.1 Å². The predicted octanol–water partition coefficient (Wildman–Crippen LogP) is 2.89. The zero-order valence-corrected chi connectivity index (χ0v) is 14.4. The summed E-state index contributed by atoms with van der Waals surface area (Å²) in [6.07, 6.45) is 9.35. The number of carbonyl (C=O) groups excluding carboxylic acids is 1. The summed E-state index contributed by atoms with van der Waals surface area (Å²) in [6, 6.07) is 8.32. The van der Waals surface area contributed by atoms with Gasteiger partial charge in [0.1, 0.15) is 0 Å². The molecule has 1 fully saturated rings. The molecule has 0 unspecified atom stereocenters. The lowest BCUT2D eigenvalue weighted by Gasteiger charge is -2.22. The van der Waals surface area contributed by atoms with Gasteiger partial charge in [0.2, 0.25) is 0 Å². The number of aromatic nitrogens is 3. The minimum Gasteiger partial charge on any atom is -0.307 e. The van der Waals surface area contributed by atoms with Crippen LogP contribution in [0.1, 0.15) is 25.0 Å². The number of pyridine rings is 1. The number of benzene rings is 1. The Balaban J connectivity index is 1.59. The van der Waals surface area contributed by atoms with Crippen LogP contribution in [0.5, 0.6) is 0 Å². The minimum absolute atomic E-state index is 0.00651. The minimum atomic E-state index is -0.00651. The average Bonchev–Trinajstić information content (AvgIpc) is 3.08. The number of nitrogens with one attached hydrogen (secondary N) is 1. The number of hydrogen-bond donors (Lipinski definition) is 1. The van der Waals surface area contributed by atoms with Crippen LogP contribution in [0.4, 0.5) is 0 Å². The molecule has 5 nitrogen and oxygen atoms in total. The Bertz CT molecular complexity index is 909. The first-order valence-electron chi connectivity index (χ1n) is 8.83. The van der Waals surface area contributed by atoms with Crippen LogP contribution in [-0.2, 0) is 18.3 Å². The number of hydrogen-bond acceptors (Lipinski definition) is 4. The average molecular weight is 334 g/mol. The molecule has 1 saturated heterocycles. The largest absolute Gasteiger partial charge is 0.307 e. The summed E-state index contributed by atoms with van der Waals surface area (Å²) in [6.45, 7) is 0.941. The summed E-state index contributed by atoms with van der Waals surface area (Å²) in [5, 5.41) is 9.75. The number of piperidine rings is 1. The third-order valence-electron chi connectivity index (χ3n) is 4.87. The third-order valence-corrected chi connectivity index (χ3v) is 4.87. The highest BCUT2D eigenvalue weighted by Crippen LogP contribution is 2.24. The first kappa shape index (κ1) is 16.0. The topological polar surface area (TPSA) is 59.8 Å². The molecule has 0 bridgehead atoms. The summed E-state index contributed by atoms with van der Waals surface area (Å²) in [4.78, 5) is 17.0. The molecule has 25 heavy (non-hydrogen) atoms. The van der Waals surface area contributed by atoms with Gasteiger partial charge >= 0.3 is 0 Å². The van der Waals surface area contributed by atoms with Gasteiger partial charge < -0.3 is 5.32 Å². The van der Waals surface area contributed by atoms with Crippen molar-refractivity contribution in [2.24, 2.45) is 7.05 Å². The van der Waals surface area contributed by atoms with Gasteiger partial charge in [-0.2, -0.15) is 5.10 Å². The Morgan fingerprint density at radius 3 is 2.88 bits per heavy atom. The van der Waals surface area contributed by atoms with E-state index in [4.69, 9.17) is 0 Å². The maximum atomic E-state index is 12.5. The van der Waals surface area contributed by atoms with Crippen molar-refractivity contribution >= 4 is 16.6 Å². The molecule has 2 aromatic heterocycles. The highest BCUT2D eigenvalue weighted by molar-refractivity contribution is 5.89. The van der Waals surface area contributed by atoms with Crippen molar-refractivity contribution in [3.05, 3.63) is 48.5 Å². The number of Topliss-reactive ketones (excluding diaryl/α,β-unsaturated/α-hetero) is 1. The van der Waals surface area contributed by atoms with E-state index in [0.29, 0.717) is 6.42 Å². The standard InChI is InChI=1S/C20H22N4O/c1-24-13-17(12-23-24)14-5-6-15-11-22-18(9-16(15)8-14)10-20(25)19-4-2-3-7-21-19/h5-6,8-9,11-13,19,21H,2-4,7,10H2,1H3/t19-/m0/s1. The Hall–Kier alpha value is -2.53. The lowest BCUT2D eigenvalue weighted by atomic mass is 9.97. The molecule has 0 radical (unpaired) electrons. The number of nitrogens with zero attached hydrogens (tertiary/aromatic N) is 3. The zero-order chi connectivity index (χ0) is 17.2. The van der Waals surface area contributed by atoms with E-state index >= 15 is 0 Å². The van der Waals surface area contributed by atoms with Crippen molar-refractivity contribution in [2.75, 3.05) is 6.54 Å². The Morgan fingerprint density at radius 1 is 1.20 bits per heavy atom. The van der Waals surface area contributed by atoms with E-state index in [0.717, 1.165) is 53.4 Å². The smallest absolute Gasteiger partial charge is 0.155 e. The summed E-state index contributed by atoms with van der Waals surface area (Å²) in [7, 11) is 1.91. The number of fused-ring (bicyclic) bond motifs is 1. The van der Waals surface area contributed by atoms with Crippen molar-refractivity contribution in [3.8, 4) is 11.1 Å². The molecule has 1 aliphatic heterocycles. The first-order chi connectivity index (χ1) is 12.2. The Labute approximate surface area is 147 Å². The molecule has 3 heterocycles. The molecule has 128 valence electrons. The van der Waals surface area contributed by atoms with Crippen LogP contribution in [0.3, 0.4) is 0 Å². The second-order valence-corrected chi connectivity index (χ2v) is 6.79. The van der Waals surface area contributed by atoms with Crippen LogP contribution in [0.2, 0.25) is 0 Å². The van der Waals surface area contributed by atoms with Crippen molar-refractivity contribution < 1.29 is 4.79 Å². The molecule has 1 aromatic carbocycles. The molecule has 1 N–H and O–H groups in total. The molecule has 5 heteroatoms. The number of ketones is 1. The number of rotatable bonds is 4. The fourth-order valence-electron chi connectivity index (χ4n) is 3.46. The summed E-state index contributed by atoms with van der Waals surface area (Å²) >= 11 is 0. The zero-order valence-electron chi connectivity index (χ0n) is 14.4. The lowest BCUT2D eigenvalue weighted by molar-refractivity contribution is -0.121. The quantitative estimate of drug-likeness (QED) is 0.797. The maximum Gasteiger partial charge on any atom is 0.155 e. The van der Waals surface area contributed by atoms with Crippen molar-refractivity contribution in [3.63, 3.8) is 0 Å². The van der Waals surface area contributed by atoms with E-state index in [9.17, 15) is 4.79 Å².